The highest BCUT2D eigenvalue weighted by Crippen LogP contribution is 2.32. The highest BCUT2D eigenvalue weighted by Gasteiger charge is 2.21. The number of carbonyl (C=O) groups excluding carboxylic acids is 1. The molecule has 2 heterocycles. The van der Waals surface area contributed by atoms with E-state index in [4.69, 9.17) is 9.47 Å². The molecule has 0 radical (unpaired) electrons. The van der Waals surface area contributed by atoms with E-state index in [0.29, 0.717) is 18.2 Å². The minimum Gasteiger partial charge on any atom is -0.454 e. The van der Waals surface area contributed by atoms with Gasteiger partial charge in [-0.05, 0) is 29.8 Å². The maximum absolute atomic E-state index is 11.9. The number of nitrogens with one attached hydrogen (secondary N) is 2. The zero-order chi connectivity index (χ0) is 17.2. The van der Waals surface area contributed by atoms with E-state index in [9.17, 15) is 4.79 Å². The fraction of sp³-hybridized carbons (Fsp3) is 0.353. The Kier molecular flexibility index (Phi) is 4.24. The molecule has 0 spiro atoms. The Labute approximate surface area is 140 Å². The van der Waals surface area contributed by atoms with Gasteiger partial charge in [-0.2, -0.15) is 0 Å². The van der Waals surface area contributed by atoms with Crippen LogP contribution in [-0.2, 0) is 11.3 Å². The summed E-state index contributed by atoms with van der Waals surface area (Å²) < 4.78 is 10.6. The number of ether oxygens (including phenoxy) is 2. The first-order valence-electron chi connectivity index (χ1n) is 7.69. The molecule has 0 unspecified atom stereocenters. The predicted molar refractivity (Wildman–Crippen MR) is 90.0 cm³/mol. The number of nitrogens with zero attached hydrogens (tertiary/aromatic N) is 2. The molecule has 2 N–H and O–H groups in total. The summed E-state index contributed by atoms with van der Waals surface area (Å²) in [6, 6.07) is 9.28. The zero-order valence-electron chi connectivity index (χ0n) is 13.9. The Bertz CT molecular complexity index is 738. The Balaban J connectivity index is 1.57. The first-order chi connectivity index (χ1) is 11.4. The molecular weight excluding hydrogens is 308 g/mol. The van der Waals surface area contributed by atoms with Gasteiger partial charge in [0.1, 0.15) is 5.82 Å². The molecule has 3 rings (SSSR count). The molecule has 24 heavy (non-hydrogen) atoms. The van der Waals surface area contributed by atoms with Crippen LogP contribution < -0.4 is 20.1 Å². The van der Waals surface area contributed by atoms with Crippen molar-refractivity contribution >= 4 is 17.5 Å². The molecule has 7 nitrogen and oxygen atoms in total. The van der Waals surface area contributed by atoms with Crippen molar-refractivity contribution in [3.8, 4) is 11.5 Å². The number of aromatic nitrogens is 2. The summed E-state index contributed by atoms with van der Waals surface area (Å²) >= 11 is 0. The molecule has 1 amide bonds. The third kappa shape index (κ3) is 3.73. The van der Waals surface area contributed by atoms with Gasteiger partial charge in [0, 0.05) is 12.0 Å². The highest BCUT2D eigenvalue weighted by atomic mass is 16.7. The quantitative estimate of drug-likeness (QED) is 0.897. The molecule has 0 bridgehead atoms. The number of fused-ring (bicyclic) bond motifs is 1. The summed E-state index contributed by atoms with van der Waals surface area (Å²) in [6.07, 6.45) is 0. The molecule has 1 aliphatic heterocycles. The van der Waals surface area contributed by atoms with Crippen LogP contribution in [0.25, 0.3) is 0 Å². The summed E-state index contributed by atoms with van der Waals surface area (Å²) in [5.74, 6) is 2.47. The predicted octanol–water partition coefficient (Wildman–Crippen LogP) is 2.80. The van der Waals surface area contributed by atoms with Crippen LogP contribution >= 0.6 is 0 Å². The maximum Gasteiger partial charge on any atom is 0.231 e. The van der Waals surface area contributed by atoms with Gasteiger partial charge < -0.3 is 20.1 Å². The standard InChI is InChI=1S/C17H20N4O3/c1-17(2,3)16(22)19-15-7-6-14(20-21-15)18-9-11-4-5-12-13(8-11)24-10-23-12/h4-8H,9-10H2,1-3H3,(H,18,20)(H,19,21,22). The third-order valence-electron chi connectivity index (χ3n) is 3.50. The summed E-state index contributed by atoms with van der Waals surface area (Å²) in [4.78, 5) is 11.9. The van der Waals surface area contributed by atoms with Gasteiger partial charge in [-0.15, -0.1) is 10.2 Å². The van der Waals surface area contributed by atoms with Gasteiger partial charge >= 0.3 is 0 Å². The van der Waals surface area contributed by atoms with Crippen molar-refractivity contribution in [3.05, 3.63) is 35.9 Å². The van der Waals surface area contributed by atoms with Crippen molar-refractivity contribution in [3.63, 3.8) is 0 Å². The smallest absolute Gasteiger partial charge is 0.231 e. The number of amides is 1. The SMILES string of the molecule is CC(C)(C)C(=O)Nc1ccc(NCc2ccc3c(c2)OCO3)nn1. The number of hydrogen-bond acceptors (Lipinski definition) is 6. The third-order valence-corrected chi connectivity index (χ3v) is 3.50. The van der Waals surface area contributed by atoms with Crippen molar-refractivity contribution in [1.29, 1.82) is 0 Å². The van der Waals surface area contributed by atoms with Crippen LogP contribution in [0.4, 0.5) is 11.6 Å². The molecule has 126 valence electrons. The summed E-state index contributed by atoms with van der Waals surface area (Å²) in [5.41, 5.74) is 0.573. The lowest BCUT2D eigenvalue weighted by Crippen LogP contribution is -2.28. The molecule has 0 fully saturated rings. The lowest BCUT2D eigenvalue weighted by atomic mass is 9.96. The Morgan fingerprint density at radius 3 is 2.50 bits per heavy atom. The monoisotopic (exact) mass is 328 g/mol. The van der Waals surface area contributed by atoms with E-state index in [1.54, 1.807) is 12.1 Å². The van der Waals surface area contributed by atoms with E-state index in [1.807, 2.05) is 39.0 Å². The van der Waals surface area contributed by atoms with Crippen molar-refractivity contribution in [2.75, 3.05) is 17.4 Å². The fourth-order valence-corrected chi connectivity index (χ4v) is 2.04. The molecular formula is C17H20N4O3. The van der Waals surface area contributed by atoms with Gasteiger partial charge in [0.2, 0.25) is 12.7 Å². The van der Waals surface area contributed by atoms with E-state index >= 15 is 0 Å². The van der Waals surface area contributed by atoms with Gasteiger partial charge in [0.15, 0.2) is 17.3 Å². The van der Waals surface area contributed by atoms with Crippen LogP contribution in [-0.4, -0.2) is 22.9 Å². The van der Waals surface area contributed by atoms with Crippen molar-refractivity contribution < 1.29 is 14.3 Å². The van der Waals surface area contributed by atoms with Gasteiger partial charge in [-0.1, -0.05) is 26.8 Å². The normalized spacial score (nSPS) is 12.8. The largest absolute Gasteiger partial charge is 0.454 e. The van der Waals surface area contributed by atoms with Crippen molar-refractivity contribution in [2.24, 2.45) is 5.41 Å². The molecule has 1 aromatic heterocycles. The minimum atomic E-state index is -0.474. The van der Waals surface area contributed by atoms with Crippen LogP contribution in [0.15, 0.2) is 30.3 Å². The number of hydrogen-bond donors (Lipinski definition) is 2. The number of carbonyl (C=O) groups is 1. The van der Waals surface area contributed by atoms with Crippen molar-refractivity contribution in [1.82, 2.24) is 10.2 Å². The molecule has 1 aromatic carbocycles. The number of rotatable bonds is 4. The van der Waals surface area contributed by atoms with Crippen LogP contribution in [0.2, 0.25) is 0 Å². The lowest BCUT2D eigenvalue weighted by Gasteiger charge is -2.16. The summed E-state index contributed by atoms with van der Waals surface area (Å²) in [7, 11) is 0. The fourth-order valence-electron chi connectivity index (χ4n) is 2.04. The van der Waals surface area contributed by atoms with Gasteiger partial charge in [0.05, 0.1) is 0 Å². The molecule has 0 aliphatic carbocycles. The van der Waals surface area contributed by atoms with Gasteiger partial charge in [-0.3, -0.25) is 4.79 Å². The zero-order valence-corrected chi connectivity index (χ0v) is 13.9. The Morgan fingerprint density at radius 1 is 1.08 bits per heavy atom. The van der Waals surface area contributed by atoms with Gasteiger partial charge in [0.25, 0.3) is 0 Å². The highest BCUT2D eigenvalue weighted by molar-refractivity contribution is 5.93. The number of anilines is 2. The van der Waals surface area contributed by atoms with E-state index in [0.717, 1.165) is 17.1 Å². The first kappa shape index (κ1) is 16.0. The molecule has 0 saturated heterocycles. The van der Waals surface area contributed by atoms with Crippen LogP contribution in [0.1, 0.15) is 26.3 Å². The molecule has 2 aromatic rings. The number of benzene rings is 1. The van der Waals surface area contributed by atoms with Crippen LogP contribution in [0, 0.1) is 5.41 Å². The van der Waals surface area contributed by atoms with Crippen LogP contribution in [0.3, 0.4) is 0 Å². The molecule has 7 heteroatoms. The maximum atomic E-state index is 11.9. The van der Waals surface area contributed by atoms with E-state index in [2.05, 4.69) is 20.8 Å². The minimum absolute atomic E-state index is 0.0992. The second-order valence-electron chi connectivity index (χ2n) is 6.55. The molecule has 0 atom stereocenters. The topological polar surface area (TPSA) is 85.4 Å². The Morgan fingerprint density at radius 2 is 1.79 bits per heavy atom. The average molecular weight is 328 g/mol. The summed E-state index contributed by atoms with van der Waals surface area (Å²) in [6.45, 7) is 6.38. The second kappa shape index (κ2) is 6.35. The lowest BCUT2D eigenvalue weighted by molar-refractivity contribution is -0.123. The Hall–Kier alpha value is -2.83. The van der Waals surface area contributed by atoms with E-state index < -0.39 is 5.41 Å². The van der Waals surface area contributed by atoms with E-state index in [-0.39, 0.29) is 12.7 Å². The molecule has 1 aliphatic rings. The van der Waals surface area contributed by atoms with E-state index in [1.165, 1.54) is 0 Å². The second-order valence-corrected chi connectivity index (χ2v) is 6.55. The molecule has 0 saturated carbocycles. The first-order valence-corrected chi connectivity index (χ1v) is 7.69. The van der Waals surface area contributed by atoms with Crippen LogP contribution in [0.5, 0.6) is 11.5 Å². The summed E-state index contributed by atoms with van der Waals surface area (Å²) in [5, 5.41) is 14.0. The van der Waals surface area contributed by atoms with Gasteiger partial charge in [-0.25, -0.2) is 0 Å². The van der Waals surface area contributed by atoms with Crippen molar-refractivity contribution in [2.45, 2.75) is 27.3 Å². The average Bonchev–Trinajstić information content (AvgIpc) is 3.01.